The molecule has 0 aliphatic carbocycles. The summed E-state index contributed by atoms with van der Waals surface area (Å²) in [5.41, 5.74) is 1.86. The molecule has 0 fully saturated rings. The van der Waals surface area contributed by atoms with E-state index in [0.29, 0.717) is 11.2 Å². The number of hydrogen-bond donors (Lipinski definition) is 2. The lowest BCUT2D eigenvalue weighted by Gasteiger charge is -1.90. The fraction of sp³-hybridized carbons (Fsp3) is 0. The van der Waals surface area contributed by atoms with Crippen LogP contribution in [0.25, 0.3) is 27.8 Å². The predicted molar refractivity (Wildman–Crippen MR) is 60.8 cm³/mol. The highest BCUT2D eigenvalue weighted by atomic mass is 16.1. The lowest BCUT2D eigenvalue weighted by Crippen LogP contribution is -2.11. The first-order valence-electron chi connectivity index (χ1n) is 5.05. The lowest BCUT2D eigenvalue weighted by atomic mass is 10.2. The van der Waals surface area contributed by atoms with E-state index in [-0.39, 0.29) is 11.5 Å². The Hall–Kier alpha value is -2.70. The highest BCUT2D eigenvalue weighted by molar-refractivity contribution is 6.03. The van der Waals surface area contributed by atoms with Gasteiger partial charge in [0.2, 0.25) is 0 Å². The monoisotopic (exact) mass is 226 g/mol. The van der Waals surface area contributed by atoms with Gasteiger partial charge in [0.05, 0.1) is 0 Å². The molecule has 0 spiro atoms. The summed E-state index contributed by atoms with van der Waals surface area (Å²) < 4.78 is 1.38. The molecule has 0 saturated carbocycles. The van der Waals surface area contributed by atoms with Crippen molar-refractivity contribution in [2.45, 2.75) is 0 Å². The topological polar surface area (TPSA) is 91.7 Å². The predicted octanol–water partition coefficient (Wildman–Crippen LogP) is 0.447. The standard InChI is InChI=1S/C10H6N6O/c17-10-15-14-9-13-12-7-5-3-1-2-4-6(5)11-8(7)16(9)10/h1-4,11H,(H,15,17). The minimum atomic E-state index is -0.327. The molecule has 4 rings (SSSR count). The number of rotatable bonds is 0. The summed E-state index contributed by atoms with van der Waals surface area (Å²) in [6, 6.07) is 7.69. The molecule has 4 aromatic rings. The van der Waals surface area contributed by atoms with Crippen molar-refractivity contribution in [1.82, 2.24) is 29.8 Å². The van der Waals surface area contributed by atoms with Gasteiger partial charge >= 0.3 is 5.69 Å². The zero-order valence-corrected chi connectivity index (χ0v) is 8.51. The van der Waals surface area contributed by atoms with E-state index in [1.54, 1.807) is 0 Å². The first-order chi connectivity index (χ1) is 8.34. The number of hydrogen-bond acceptors (Lipinski definition) is 4. The number of nitrogens with one attached hydrogen (secondary N) is 2. The lowest BCUT2D eigenvalue weighted by molar-refractivity contribution is 1.01. The highest BCUT2D eigenvalue weighted by Gasteiger charge is 2.12. The van der Waals surface area contributed by atoms with Crippen LogP contribution in [0.3, 0.4) is 0 Å². The third-order valence-corrected chi connectivity index (χ3v) is 2.78. The van der Waals surface area contributed by atoms with Crippen LogP contribution in [-0.2, 0) is 0 Å². The van der Waals surface area contributed by atoms with Crippen LogP contribution in [-0.4, -0.2) is 29.8 Å². The van der Waals surface area contributed by atoms with E-state index in [0.717, 1.165) is 10.9 Å². The smallest absolute Gasteiger partial charge is 0.339 e. The van der Waals surface area contributed by atoms with Crippen molar-refractivity contribution in [3.8, 4) is 0 Å². The van der Waals surface area contributed by atoms with Gasteiger partial charge in [0.1, 0.15) is 5.52 Å². The number of H-pyrrole nitrogens is 2. The van der Waals surface area contributed by atoms with E-state index in [1.807, 2.05) is 24.3 Å². The molecule has 1 aromatic carbocycles. The fourth-order valence-corrected chi connectivity index (χ4v) is 2.03. The number of nitrogens with zero attached hydrogens (tertiary/aromatic N) is 4. The summed E-state index contributed by atoms with van der Waals surface area (Å²) in [4.78, 5) is 14.8. The van der Waals surface area contributed by atoms with Crippen molar-refractivity contribution in [1.29, 1.82) is 0 Å². The molecule has 0 amide bonds. The maximum atomic E-state index is 11.6. The van der Waals surface area contributed by atoms with E-state index >= 15 is 0 Å². The molecular weight excluding hydrogens is 220 g/mol. The van der Waals surface area contributed by atoms with Crippen LogP contribution >= 0.6 is 0 Å². The third kappa shape index (κ3) is 0.949. The number of fused-ring (bicyclic) bond motifs is 5. The van der Waals surface area contributed by atoms with Gasteiger partial charge in [-0.2, -0.15) is 0 Å². The maximum Gasteiger partial charge on any atom is 0.350 e. The van der Waals surface area contributed by atoms with Crippen LogP contribution in [0.4, 0.5) is 0 Å². The minimum Gasteiger partial charge on any atom is -0.339 e. The van der Waals surface area contributed by atoms with E-state index < -0.39 is 0 Å². The number of benzene rings is 1. The second-order valence-corrected chi connectivity index (χ2v) is 3.73. The Bertz CT molecular complexity index is 915. The molecule has 0 saturated heterocycles. The summed E-state index contributed by atoms with van der Waals surface area (Å²) in [6.45, 7) is 0. The van der Waals surface area contributed by atoms with Crippen molar-refractivity contribution in [2.75, 3.05) is 0 Å². The van der Waals surface area contributed by atoms with Crippen LogP contribution < -0.4 is 5.69 Å². The Morgan fingerprint density at radius 1 is 1.18 bits per heavy atom. The Balaban J connectivity index is 2.42. The average Bonchev–Trinajstić information content (AvgIpc) is 2.90. The van der Waals surface area contributed by atoms with Gasteiger partial charge in [0, 0.05) is 10.9 Å². The van der Waals surface area contributed by atoms with Gasteiger partial charge < -0.3 is 4.98 Å². The Labute approximate surface area is 93.1 Å². The normalized spacial score (nSPS) is 11.8. The molecule has 0 unspecified atom stereocenters. The van der Waals surface area contributed by atoms with E-state index in [4.69, 9.17) is 0 Å². The van der Waals surface area contributed by atoms with Crippen LogP contribution in [0.5, 0.6) is 0 Å². The first kappa shape index (κ1) is 8.45. The summed E-state index contributed by atoms with van der Waals surface area (Å²) >= 11 is 0. The molecule has 0 aliphatic rings. The number of aromatic nitrogens is 6. The van der Waals surface area contributed by atoms with Gasteiger partial charge in [-0.15, -0.1) is 15.3 Å². The molecule has 17 heavy (non-hydrogen) atoms. The van der Waals surface area contributed by atoms with Gasteiger partial charge in [-0.3, -0.25) is 0 Å². The van der Waals surface area contributed by atoms with Crippen LogP contribution in [0, 0.1) is 0 Å². The van der Waals surface area contributed by atoms with Crippen LogP contribution in [0.2, 0.25) is 0 Å². The van der Waals surface area contributed by atoms with Gasteiger partial charge in [0.25, 0.3) is 5.78 Å². The summed E-state index contributed by atoms with van der Waals surface area (Å²) in [5.74, 6) is 0.258. The molecular formula is C10H6N6O. The van der Waals surface area contributed by atoms with E-state index in [9.17, 15) is 4.79 Å². The highest BCUT2D eigenvalue weighted by Crippen LogP contribution is 2.21. The summed E-state index contributed by atoms with van der Waals surface area (Å²) in [6.07, 6.45) is 0. The molecule has 0 atom stereocenters. The summed E-state index contributed by atoms with van der Waals surface area (Å²) in [7, 11) is 0. The SMILES string of the molecule is O=c1[nH]nc2nnc3c4ccccc4[nH]c3n12. The van der Waals surface area contributed by atoms with Crippen molar-refractivity contribution < 1.29 is 0 Å². The molecule has 0 aliphatic heterocycles. The second kappa shape index (κ2) is 2.70. The molecule has 0 bridgehead atoms. The molecule has 0 radical (unpaired) electrons. The average molecular weight is 226 g/mol. The first-order valence-corrected chi connectivity index (χ1v) is 5.05. The molecule has 7 nitrogen and oxygen atoms in total. The zero-order valence-electron chi connectivity index (χ0n) is 8.51. The quantitative estimate of drug-likeness (QED) is 0.455. The third-order valence-electron chi connectivity index (χ3n) is 2.78. The van der Waals surface area contributed by atoms with Crippen molar-refractivity contribution in [3.63, 3.8) is 0 Å². The van der Waals surface area contributed by atoms with E-state index in [2.05, 4.69) is 25.4 Å². The van der Waals surface area contributed by atoms with Crippen molar-refractivity contribution in [2.24, 2.45) is 0 Å². The fourth-order valence-electron chi connectivity index (χ4n) is 2.03. The van der Waals surface area contributed by atoms with E-state index in [1.165, 1.54) is 4.40 Å². The molecule has 3 heterocycles. The Morgan fingerprint density at radius 2 is 2.06 bits per heavy atom. The molecule has 3 aromatic heterocycles. The maximum absolute atomic E-state index is 11.6. The largest absolute Gasteiger partial charge is 0.350 e. The molecule has 7 heteroatoms. The van der Waals surface area contributed by atoms with Crippen molar-refractivity contribution in [3.05, 3.63) is 34.7 Å². The van der Waals surface area contributed by atoms with Gasteiger partial charge in [-0.1, -0.05) is 18.2 Å². The minimum absolute atomic E-state index is 0.258. The molecule has 2 N–H and O–H groups in total. The van der Waals surface area contributed by atoms with Crippen LogP contribution in [0.1, 0.15) is 0 Å². The summed E-state index contributed by atoms with van der Waals surface area (Å²) in [5, 5.41) is 15.0. The Kier molecular flexibility index (Phi) is 1.34. The second-order valence-electron chi connectivity index (χ2n) is 3.73. The van der Waals surface area contributed by atoms with Gasteiger partial charge in [-0.25, -0.2) is 14.3 Å². The van der Waals surface area contributed by atoms with Crippen molar-refractivity contribution >= 4 is 27.8 Å². The zero-order chi connectivity index (χ0) is 11.4. The number of aromatic amines is 2. The molecule has 82 valence electrons. The van der Waals surface area contributed by atoms with Gasteiger partial charge in [-0.05, 0) is 6.07 Å². The number of para-hydroxylation sites is 1. The van der Waals surface area contributed by atoms with Crippen LogP contribution in [0.15, 0.2) is 29.1 Å². The Morgan fingerprint density at radius 3 is 3.00 bits per heavy atom. The van der Waals surface area contributed by atoms with Gasteiger partial charge in [0.15, 0.2) is 5.65 Å².